The van der Waals surface area contributed by atoms with Crippen molar-refractivity contribution in [2.24, 2.45) is 0 Å². The maximum absolute atomic E-state index is 13.8. The van der Waals surface area contributed by atoms with Crippen molar-refractivity contribution in [2.45, 2.75) is 31.8 Å². The summed E-state index contributed by atoms with van der Waals surface area (Å²) in [6.07, 6.45) is 2.19. The van der Waals surface area contributed by atoms with E-state index in [1.807, 2.05) is 22.8 Å². The number of carbonyl (C=O) groups excluding carboxylic acids is 1. The minimum Gasteiger partial charge on any atom is -0.365 e. The second-order valence-corrected chi connectivity index (χ2v) is 5.66. The highest BCUT2D eigenvalue weighted by atomic mass is 19.1. The van der Waals surface area contributed by atoms with Crippen molar-refractivity contribution in [2.75, 3.05) is 24.5 Å². The van der Waals surface area contributed by atoms with E-state index in [4.69, 9.17) is 0 Å². The monoisotopic (exact) mass is 277 g/mol. The van der Waals surface area contributed by atoms with Gasteiger partial charge in [-0.3, -0.25) is 0 Å². The molecule has 1 heterocycles. The molecule has 20 heavy (non-hydrogen) atoms. The van der Waals surface area contributed by atoms with Gasteiger partial charge < -0.3 is 15.1 Å². The fourth-order valence-electron chi connectivity index (χ4n) is 2.67. The Kier molecular flexibility index (Phi) is 3.51. The van der Waals surface area contributed by atoms with Crippen molar-refractivity contribution in [1.29, 1.82) is 0 Å². The molecule has 2 amide bonds. The van der Waals surface area contributed by atoms with E-state index in [1.165, 1.54) is 6.07 Å². The number of rotatable bonds is 2. The highest BCUT2D eigenvalue weighted by Crippen LogP contribution is 2.23. The third-order valence-electron chi connectivity index (χ3n) is 3.99. The van der Waals surface area contributed by atoms with Crippen molar-refractivity contribution < 1.29 is 9.18 Å². The summed E-state index contributed by atoms with van der Waals surface area (Å²) < 4.78 is 13.8. The van der Waals surface area contributed by atoms with Gasteiger partial charge in [-0.2, -0.15) is 0 Å². The SMILES string of the molecule is CC1CN(c2ccccc2F)CCN1C(=O)NC1CC1. The van der Waals surface area contributed by atoms with Crippen LogP contribution in [0.5, 0.6) is 0 Å². The Hall–Kier alpha value is -1.78. The number of nitrogens with zero attached hydrogens (tertiary/aromatic N) is 2. The van der Waals surface area contributed by atoms with Crippen molar-refractivity contribution in [3.63, 3.8) is 0 Å². The van der Waals surface area contributed by atoms with E-state index >= 15 is 0 Å². The van der Waals surface area contributed by atoms with Gasteiger partial charge in [0.25, 0.3) is 0 Å². The van der Waals surface area contributed by atoms with Crippen molar-refractivity contribution >= 4 is 11.7 Å². The molecule has 1 aromatic rings. The molecule has 1 aliphatic carbocycles. The quantitative estimate of drug-likeness (QED) is 0.899. The summed E-state index contributed by atoms with van der Waals surface area (Å²) in [6.45, 7) is 3.98. The summed E-state index contributed by atoms with van der Waals surface area (Å²) in [5.74, 6) is -0.199. The molecule has 2 aliphatic rings. The van der Waals surface area contributed by atoms with Gasteiger partial charge in [0.15, 0.2) is 0 Å². The molecule has 0 bridgehead atoms. The van der Waals surface area contributed by atoms with Gasteiger partial charge in [-0.25, -0.2) is 9.18 Å². The molecule has 5 heteroatoms. The third-order valence-corrected chi connectivity index (χ3v) is 3.99. The molecule has 1 saturated heterocycles. The highest BCUT2D eigenvalue weighted by molar-refractivity contribution is 5.75. The first-order valence-corrected chi connectivity index (χ1v) is 7.22. The lowest BCUT2D eigenvalue weighted by atomic mass is 10.1. The van der Waals surface area contributed by atoms with E-state index in [1.54, 1.807) is 12.1 Å². The van der Waals surface area contributed by atoms with Crippen molar-refractivity contribution in [3.8, 4) is 0 Å². The Morgan fingerprint density at radius 2 is 2.05 bits per heavy atom. The molecule has 108 valence electrons. The molecule has 1 unspecified atom stereocenters. The molecule has 1 saturated carbocycles. The first-order chi connectivity index (χ1) is 9.65. The first kappa shape index (κ1) is 13.2. The number of hydrogen-bond donors (Lipinski definition) is 1. The molecule has 1 aliphatic heterocycles. The lowest BCUT2D eigenvalue weighted by molar-refractivity contribution is 0.171. The number of benzene rings is 1. The average molecular weight is 277 g/mol. The van der Waals surface area contributed by atoms with E-state index in [0.29, 0.717) is 31.4 Å². The maximum Gasteiger partial charge on any atom is 0.317 e. The van der Waals surface area contributed by atoms with Gasteiger partial charge >= 0.3 is 6.03 Å². The van der Waals surface area contributed by atoms with Crippen LogP contribution in [-0.2, 0) is 0 Å². The van der Waals surface area contributed by atoms with Crippen LogP contribution in [0, 0.1) is 5.82 Å². The van der Waals surface area contributed by atoms with Gasteiger partial charge in [0.1, 0.15) is 5.82 Å². The molecular formula is C15H20FN3O. The largest absolute Gasteiger partial charge is 0.365 e. The summed E-state index contributed by atoms with van der Waals surface area (Å²) in [7, 11) is 0. The van der Waals surface area contributed by atoms with Gasteiger partial charge in [-0.05, 0) is 31.9 Å². The fourth-order valence-corrected chi connectivity index (χ4v) is 2.67. The molecule has 1 atom stereocenters. The number of nitrogens with one attached hydrogen (secondary N) is 1. The van der Waals surface area contributed by atoms with Crippen LogP contribution in [0.1, 0.15) is 19.8 Å². The summed E-state index contributed by atoms with van der Waals surface area (Å²) >= 11 is 0. The van der Waals surface area contributed by atoms with E-state index < -0.39 is 0 Å². The Bertz CT molecular complexity index is 504. The molecule has 0 aromatic heterocycles. The zero-order valence-corrected chi connectivity index (χ0v) is 11.7. The predicted molar refractivity (Wildman–Crippen MR) is 76.3 cm³/mol. The second-order valence-electron chi connectivity index (χ2n) is 5.66. The highest BCUT2D eigenvalue weighted by Gasteiger charge is 2.31. The van der Waals surface area contributed by atoms with Crippen LogP contribution >= 0.6 is 0 Å². The fraction of sp³-hybridized carbons (Fsp3) is 0.533. The summed E-state index contributed by atoms with van der Waals surface area (Å²) in [6, 6.07) is 7.29. The minimum atomic E-state index is -0.199. The molecule has 4 nitrogen and oxygen atoms in total. The number of piperazine rings is 1. The van der Waals surface area contributed by atoms with Gasteiger partial charge in [0.05, 0.1) is 5.69 Å². The smallest absolute Gasteiger partial charge is 0.317 e. The van der Waals surface area contributed by atoms with E-state index in [9.17, 15) is 9.18 Å². The van der Waals surface area contributed by atoms with Crippen LogP contribution in [0.4, 0.5) is 14.9 Å². The second kappa shape index (κ2) is 5.31. The first-order valence-electron chi connectivity index (χ1n) is 7.22. The number of halogens is 1. The third kappa shape index (κ3) is 2.71. The topological polar surface area (TPSA) is 35.6 Å². The molecule has 1 N–H and O–H groups in total. The van der Waals surface area contributed by atoms with Crippen LogP contribution in [0.3, 0.4) is 0 Å². The number of anilines is 1. The van der Waals surface area contributed by atoms with Gasteiger partial charge in [0.2, 0.25) is 0 Å². The molecule has 2 fully saturated rings. The number of para-hydroxylation sites is 1. The van der Waals surface area contributed by atoms with Gasteiger partial charge in [-0.15, -0.1) is 0 Å². The number of carbonyl (C=O) groups is 1. The molecule has 0 spiro atoms. The zero-order valence-electron chi connectivity index (χ0n) is 11.7. The summed E-state index contributed by atoms with van der Waals surface area (Å²) in [4.78, 5) is 16.0. The van der Waals surface area contributed by atoms with Crippen LogP contribution < -0.4 is 10.2 Å². The van der Waals surface area contributed by atoms with Crippen LogP contribution in [-0.4, -0.2) is 42.6 Å². The lowest BCUT2D eigenvalue weighted by Gasteiger charge is -2.41. The van der Waals surface area contributed by atoms with Crippen molar-refractivity contribution in [3.05, 3.63) is 30.1 Å². The Morgan fingerprint density at radius 1 is 1.30 bits per heavy atom. The summed E-state index contributed by atoms with van der Waals surface area (Å²) in [5.41, 5.74) is 0.626. The Balaban J connectivity index is 1.64. The maximum atomic E-state index is 13.8. The zero-order chi connectivity index (χ0) is 14.1. The van der Waals surface area contributed by atoms with Gasteiger partial charge in [0, 0.05) is 31.7 Å². The number of amides is 2. The lowest BCUT2D eigenvalue weighted by Crippen LogP contribution is -2.57. The minimum absolute atomic E-state index is 0.0215. The van der Waals surface area contributed by atoms with Crippen LogP contribution in [0.15, 0.2) is 24.3 Å². The van der Waals surface area contributed by atoms with E-state index in [2.05, 4.69) is 5.32 Å². The number of hydrogen-bond acceptors (Lipinski definition) is 2. The molecule has 3 rings (SSSR count). The van der Waals surface area contributed by atoms with E-state index in [-0.39, 0.29) is 17.9 Å². The molecule has 1 aromatic carbocycles. The molecule has 0 radical (unpaired) electrons. The standard InChI is InChI=1S/C15H20FN3O/c1-11-10-18(14-5-3-2-4-13(14)16)8-9-19(11)15(20)17-12-6-7-12/h2-5,11-12H,6-10H2,1H3,(H,17,20). The normalized spacial score (nSPS) is 22.8. The van der Waals surface area contributed by atoms with E-state index in [0.717, 1.165) is 12.8 Å². The predicted octanol–water partition coefficient (Wildman–Crippen LogP) is 2.21. The molecular weight excluding hydrogens is 257 g/mol. The van der Waals surface area contributed by atoms with Crippen LogP contribution in [0.2, 0.25) is 0 Å². The summed E-state index contributed by atoms with van der Waals surface area (Å²) in [5, 5.41) is 3.01. The Labute approximate surface area is 118 Å². The Morgan fingerprint density at radius 3 is 2.70 bits per heavy atom. The van der Waals surface area contributed by atoms with Gasteiger partial charge in [-0.1, -0.05) is 12.1 Å². The van der Waals surface area contributed by atoms with Crippen LogP contribution in [0.25, 0.3) is 0 Å². The average Bonchev–Trinajstić information content (AvgIpc) is 3.23. The van der Waals surface area contributed by atoms with Crippen molar-refractivity contribution in [1.82, 2.24) is 10.2 Å². The number of urea groups is 1.